The van der Waals surface area contributed by atoms with E-state index < -0.39 is 0 Å². The number of benzene rings is 2. The minimum Gasteiger partial charge on any atom is -0.474 e. The third-order valence-electron chi connectivity index (χ3n) is 4.10. The van der Waals surface area contributed by atoms with Gasteiger partial charge in [0.15, 0.2) is 0 Å². The second kappa shape index (κ2) is 7.39. The topological polar surface area (TPSA) is 90.1 Å². The molecule has 0 aliphatic rings. The quantitative estimate of drug-likeness (QED) is 0.725. The molecule has 0 fully saturated rings. The fourth-order valence-corrected chi connectivity index (χ4v) is 2.61. The second-order valence-electron chi connectivity index (χ2n) is 6.21. The molecule has 1 heterocycles. The van der Waals surface area contributed by atoms with E-state index in [-0.39, 0.29) is 18.0 Å². The van der Waals surface area contributed by atoms with E-state index in [1.54, 1.807) is 0 Å². The molecule has 6 nitrogen and oxygen atoms in total. The van der Waals surface area contributed by atoms with Crippen molar-refractivity contribution in [3.8, 4) is 17.0 Å². The van der Waals surface area contributed by atoms with Gasteiger partial charge in [-0.2, -0.15) is 4.98 Å². The number of nitrogens with two attached hydrogens (primary N) is 1. The molecule has 2 aromatic carbocycles. The lowest BCUT2D eigenvalue weighted by Gasteiger charge is -2.14. The van der Waals surface area contributed by atoms with Crippen molar-refractivity contribution in [1.82, 2.24) is 9.97 Å². The van der Waals surface area contributed by atoms with Gasteiger partial charge in [0.25, 0.3) is 0 Å². The van der Waals surface area contributed by atoms with Gasteiger partial charge in [-0.25, -0.2) is 4.98 Å². The van der Waals surface area contributed by atoms with Crippen molar-refractivity contribution < 1.29 is 9.53 Å². The number of ether oxygens (including phenoxy) is 1. The van der Waals surface area contributed by atoms with Crippen LogP contribution in [0.15, 0.2) is 42.5 Å². The normalized spacial score (nSPS) is 12.0. The molecule has 6 heteroatoms. The average Bonchev–Trinajstić information content (AvgIpc) is 2.61. The van der Waals surface area contributed by atoms with Crippen LogP contribution in [0.4, 0.5) is 11.6 Å². The fourth-order valence-electron chi connectivity index (χ4n) is 2.61. The minimum atomic E-state index is -0.0926. The van der Waals surface area contributed by atoms with E-state index in [9.17, 15) is 4.79 Å². The molecule has 0 saturated carbocycles. The first-order valence-electron chi connectivity index (χ1n) is 8.58. The minimum absolute atomic E-state index is 0.0353. The van der Waals surface area contributed by atoms with E-state index >= 15 is 0 Å². The van der Waals surface area contributed by atoms with Crippen LogP contribution in [0.3, 0.4) is 0 Å². The monoisotopic (exact) mass is 350 g/mol. The maximum Gasteiger partial charge on any atom is 0.226 e. The molecular weight excluding hydrogens is 328 g/mol. The number of carbonyl (C=O) groups excluding carboxylic acids is 1. The molecular formula is C20H22N4O2. The van der Waals surface area contributed by atoms with Crippen LogP contribution in [0.1, 0.15) is 27.2 Å². The lowest BCUT2D eigenvalue weighted by Crippen LogP contribution is -2.12. The number of carbonyl (C=O) groups is 1. The number of nitrogen functional groups attached to an aromatic ring is 1. The Morgan fingerprint density at radius 3 is 2.50 bits per heavy atom. The van der Waals surface area contributed by atoms with Gasteiger partial charge in [-0.15, -0.1) is 0 Å². The number of hydrogen-bond donors (Lipinski definition) is 2. The maximum atomic E-state index is 11.1. The van der Waals surface area contributed by atoms with Crippen molar-refractivity contribution in [1.29, 1.82) is 0 Å². The first-order valence-corrected chi connectivity index (χ1v) is 8.58. The summed E-state index contributed by atoms with van der Waals surface area (Å²) in [6, 6.07) is 13.6. The molecule has 3 aromatic rings. The highest BCUT2D eigenvalue weighted by Crippen LogP contribution is 2.30. The number of aromatic nitrogens is 2. The van der Waals surface area contributed by atoms with Crippen LogP contribution < -0.4 is 15.8 Å². The first-order chi connectivity index (χ1) is 12.5. The molecule has 0 spiro atoms. The van der Waals surface area contributed by atoms with Gasteiger partial charge in [0.2, 0.25) is 17.7 Å². The zero-order valence-electron chi connectivity index (χ0n) is 15.1. The summed E-state index contributed by atoms with van der Waals surface area (Å²) in [5, 5.41) is 3.59. The lowest BCUT2D eigenvalue weighted by molar-refractivity contribution is -0.114. The Hall–Kier alpha value is -3.15. The largest absolute Gasteiger partial charge is 0.474 e. The molecule has 0 bridgehead atoms. The third-order valence-corrected chi connectivity index (χ3v) is 4.10. The second-order valence-corrected chi connectivity index (χ2v) is 6.21. The van der Waals surface area contributed by atoms with Crippen molar-refractivity contribution in [3.63, 3.8) is 0 Å². The Morgan fingerprint density at radius 2 is 1.85 bits per heavy atom. The molecule has 3 N–H and O–H groups in total. The zero-order valence-corrected chi connectivity index (χ0v) is 15.1. The maximum absolute atomic E-state index is 11.1. The van der Waals surface area contributed by atoms with E-state index in [1.807, 2.05) is 49.4 Å². The number of amides is 1. The smallest absolute Gasteiger partial charge is 0.226 e. The van der Waals surface area contributed by atoms with E-state index in [0.717, 1.165) is 34.1 Å². The first kappa shape index (κ1) is 17.7. The van der Waals surface area contributed by atoms with Crippen LogP contribution in [-0.4, -0.2) is 22.0 Å². The van der Waals surface area contributed by atoms with Gasteiger partial charge in [-0.3, -0.25) is 4.79 Å². The number of nitrogens with one attached hydrogen (secondary N) is 1. The molecule has 1 atom stereocenters. The molecule has 0 aliphatic carbocycles. The number of fused-ring (bicyclic) bond motifs is 1. The molecule has 0 aliphatic heterocycles. The molecule has 0 radical (unpaired) electrons. The Morgan fingerprint density at radius 1 is 1.15 bits per heavy atom. The van der Waals surface area contributed by atoms with Gasteiger partial charge in [-0.05, 0) is 48.7 Å². The average molecular weight is 350 g/mol. The Kier molecular flexibility index (Phi) is 5.02. The fraction of sp³-hybridized carbons (Fsp3) is 0.250. The Bertz CT molecular complexity index is 938. The van der Waals surface area contributed by atoms with E-state index in [2.05, 4.69) is 22.2 Å². The van der Waals surface area contributed by atoms with Crippen LogP contribution in [-0.2, 0) is 4.79 Å². The van der Waals surface area contributed by atoms with Gasteiger partial charge >= 0.3 is 0 Å². The molecule has 0 saturated heterocycles. The van der Waals surface area contributed by atoms with Crippen molar-refractivity contribution in [2.24, 2.45) is 0 Å². The highest BCUT2D eigenvalue weighted by molar-refractivity contribution is 5.90. The third kappa shape index (κ3) is 3.91. The van der Waals surface area contributed by atoms with E-state index in [4.69, 9.17) is 10.5 Å². The molecule has 1 amide bonds. The lowest BCUT2D eigenvalue weighted by atomic mass is 10.0. The van der Waals surface area contributed by atoms with Gasteiger partial charge < -0.3 is 15.8 Å². The summed E-state index contributed by atoms with van der Waals surface area (Å²) >= 11 is 0. The van der Waals surface area contributed by atoms with Gasteiger partial charge in [0.05, 0.1) is 17.0 Å². The molecule has 26 heavy (non-hydrogen) atoms. The summed E-state index contributed by atoms with van der Waals surface area (Å²) < 4.78 is 5.93. The molecule has 134 valence electrons. The Balaban J connectivity index is 2.01. The Labute approximate surface area is 152 Å². The van der Waals surface area contributed by atoms with Crippen molar-refractivity contribution >= 4 is 28.4 Å². The van der Waals surface area contributed by atoms with E-state index in [1.165, 1.54) is 6.92 Å². The predicted molar refractivity (Wildman–Crippen MR) is 104 cm³/mol. The van der Waals surface area contributed by atoms with Crippen molar-refractivity contribution in [2.45, 2.75) is 33.3 Å². The number of anilines is 2. The van der Waals surface area contributed by atoms with Crippen LogP contribution >= 0.6 is 0 Å². The molecule has 3 rings (SSSR count). The summed E-state index contributed by atoms with van der Waals surface area (Å²) in [4.78, 5) is 19.7. The molecule has 1 aromatic heterocycles. The van der Waals surface area contributed by atoms with E-state index in [0.29, 0.717) is 5.88 Å². The summed E-state index contributed by atoms with van der Waals surface area (Å²) in [6.07, 6.45) is 0.906. The SMILES string of the molecule is CCC(C)Oc1nc(N)nc2ccc(-c3ccc(NC(C)=O)cc3)cc12. The van der Waals surface area contributed by atoms with Crippen LogP contribution in [0.5, 0.6) is 5.88 Å². The number of rotatable bonds is 5. The highest BCUT2D eigenvalue weighted by Gasteiger charge is 2.12. The predicted octanol–water partition coefficient (Wildman–Crippen LogP) is 4.01. The summed E-state index contributed by atoms with van der Waals surface area (Å²) in [6.45, 7) is 5.54. The van der Waals surface area contributed by atoms with Crippen molar-refractivity contribution in [2.75, 3.05) is 11.1 Å². The summed E-state index contributed by atoms with van der Waals surface area (Å²) in [5.74, 6) is 0.604. The summed E-state index contributed by atoms with van der Waals surface area (Å²) in [5.41, 5.74) is 9.35. The summed E-state index contributed by atoms with van der Waals surface area (Å²) in [7, 11) is 0. The van der Waals surface area contributed by atoms with Gasteiger partial charge in [0.1, 0.15) is 0 Å². The van der Waals surface area contributed by atoms with Crippen molar-refractivity contribution in [3.05, 3.63) is 42.5 Å². The van der Waals surface area contributed by atoms with Gasteiger partial charge in [0, 0.05) is 12.6 Å². The molecule has 1 unspecified atom stereocenters. The van der Waals surface area contributed by atoms with Crippen LogP contribution in [0.25, 0.3) is 22.0 Å². The van der Waals surface area contributed by atoms with Crippen LogP contribution in [0.2, 0.25) is 0 Å². The zero-order chi connectivity index (χ0) is 18.7. The number of nitrogens with zero attached hydrogens (tertiary/aromatic N) is 2. The standard InChI is InChI=1S/C20H22N4O2/c1-4-12(2)26-19-17-11-15(7-10-18(17)23-20(21)24-19)14-5-8-16(9-6-14)22-13(3)25/h5-12H,4H2,1-3H3,(H,22,25)(H2,21,23,24). The number of hydrogen-bond acceptors (Lipinski definition) is 5. The van der Waals surface area contributed by atoms with Gasteiger partial charge in [-0.1, -0.05) is 25.1 Å². The van der Waals surface area contributed by atoms with Crippen LogP contribution in [0, 0.1) is 0 Å². The highest BCUT2D eigenvalue weighted by atomic mass is 16.5.